The highest BCUT2D eigenvalue weighted by atomic mass is 32.1. The molecule has 2 aromatic rings. The first-order valence-electron chi connectivity index (χ1n) is 7.43. The van der Waals surface area contributed by atoms with E-state index in [0.29, 0.717) is 0 Å². The van der Waals surface area contributed by atoms with Crippen molar-refractivity contribution in [2.75, 3.05) is 18.4 Å². The van der Waals surface area contributed by atoms with Crippen LogP contribution < -0.4 is 10.6 Å². The summed E-state index contributed by atoms with van der Waals surface area (Å²) in [5, 5.41) is 7.76. The lowest BCUT2D eigenvalue weighted by Crippen LogP contribution is -2.34. The molecule has 0 bridgehead atoms. The molecule has 3 rings (SSSR count). The van der Waals surface area contributed by atoms with Crippen LogP contribution in [-0.2, 0) is 4.74 Å². The van der Waals surface area contributed by atoms with Crippen LogP contribution in [0.2, 0.25) is 0 Å². The van der Waals surface area contributed by atoms with Gasteiger partial charge in [0.05, 0.1) is 5.01 Å². The second kappa shape index (κ2) is 6.89. The Balaban J connectivity index is 1.71. The van der Waals surface area contributed by atoms with Crippen LogP contribution in [0.15, 0.2) is 30.3 Å². The van der Waals surface area contributed by atoms with E-state index in [-0.39, 0.29) is 6.10 Å². The fraction of sp³-hybridized carbons (Fsp3) is 0.375. The summed E-state index contributed by atoms with van der Waals surface area (Å²) < 4.78 is 5.48. The van der Waals surface area contributed by atoms with Gasteiger partial charge < -0.3 is 10.1 Å². The van der Waals surface area contributed by atoms with Crippen molar-refractivity contribution in [2.24, 2.45) is 0 Å². The SMILES string of the molecule is Cc1nc(-c2ccccc2)c(NC(=O)OC2CCNCC2)s1. The minimum atomic E-state index is -0.396. The lowest BCUT2D eigenvalue weighted by Gasteiger charge is -2.22. The molecule has 2 N–H and O–H groups in total. The van der Waals surface area contributed by atoms with Crippen LogP contribution in [-0.4, -0.2) is 30.3 Å². The molecule has 1 aromatic carbocycles. The van der Waals surface area contributed by atoms with E-state index in [2.05, 4.69) is 15.6 Å². The van der Waals surface area contributed by atoms with Crippen LogP contribution in [0.25, 0.3) is 11.3 Å². The van der Waals surface area contributed by atoms with Crippen LogP contribution in [0.1, 0.15) is 17.8 Å². The zero-order chi connectivity index (χ0) is 15.4. The number of thiazole rings is 1. The van der Waals surface area contributed by atoms with Gasteiger partial charge in [0.1, 0.15) is 16.8 Å². The maximum Gasteiger partial charge on any atom is 0.412 e. The number of rotatable bonds is 3. The Kier molecular flexibility index (Phi) is 4.70. The lowest BCUT2D eigenvalue weighted by molar-refractivity contribution is 0.0909. The van der Waals surface area contributed by atoms with Crippen molar-refractivity contribution in [2.45, 2.75) is 25.9 Å². The summed E-state index contributed by atoms with van der Waals surface area (Å²) in [7, 11) is 0. The van der Waals surface area contributed by atoms with Crippen LogP contribution in [0, 0.1) is 6.92 Å². The third-order valence-corrected chi connectivity index (χ3v) is 4.44. The molecule has 116 valence electrons. The molecule has 22 heavy (non-hydrogen) atoms. The molecule has 1 aliphatic heterocycles. The van der Waals surface area contributed by atoms with Crippen LogP contribution >= 0.6 is 11.3 Å². The van der Waals surface area contributed by atoms with Gasteiger partial charge in [0.2, 0.25) is 0 Å². The van der Waals surface area contributed by atoms with E-state index in [9.17, 15) is 4.79 Å². The number of ether oxygens (including phenoxy) is 1. The van der Waals surface area contributed by atoms with E-state index in [4.69, 9.17) is 4.74 Å². The van der Waals surface area contributed by atoms with E-state index < -0.39 is 6.09 Å². The number of hydrogen-bond donors (Lipinski definition) is 2. The summed E-state index contributed by atoms with van der Waals surface area (Å²) in [6.07, 6.45) is 1.32. The Hall–Kier alpha value is -1.92. The second-order valence-electron chi connectivity index (χ2n) is 5.26. The molecule has 6 heteroatoms. The molecular weight excluding hydrogens is 298 g/mol. The molecule has 1 aromatic heterocycles. The first kappa shape index (κ1) is 15.0. The summed E-state index contributed by atoms with van der Waals surface area (Å²) in [5.41, 5.74) is 1.79. The van der Waals surface area contributed by atoms with Gasteiger partial charge in [0.15, 0.2) is 0 Å². The van der Waals surface area contributed by atoms with E-state index in [1.165, 1.54) is 11.3 Å². The fourth-order valence-electron chi connectivity index (χ4n) is 2.49. The zero-order valence-corrected chi connectivity index (χ0v) is 13.3. The monoisotopic (exact) mass is 317 g/mol. The molecule has 1 amide bonds. The van der Waals surface area contributed by atoms with Crippen molar-refractivity contribution in [3.05, 3.63) is 35.3 Å². The van der Waals surface area contributed by atoms with Gasteiger partial charge in [-0.3, -0.25) is 5.32 Å². The van der Waals surface area contributed by atoms with Crippen molar-refractivity contribution in [3.8, 4) is 11.3 Å². The molecule has 0 radical (unpaired) electrons. The fourth-order valence-corrected chi connectivity index (χ4v) is 3.32. The van der Waals surface area contributed by atoms with E-state index in [0.717, 1.165) is 47.2 Å². The number of aromatic nitrogens is 1. The summed E-state index contributed by atoms with van der Waals surface area (Å²) in [5.74, 6) is 0. The molecule has 0 spiro atoms. The normalized spacial score (nSPS) is 15.5. The van der Waals surface area contributed by atoms with Crippen molar-refractivity contribution >= 4 is 22.4 Å². The van der Waals surface area contributed by atoms with Gasteiger partial charge in [-0.2, -0.15) is 0 Å². The average molecular weight is 317 g/mol. The number of carbonyl (C=O) groups is 1. The van der Waals surface area contributed by atoms with Gasteiger partial charge in [-0.25, -0.2) is 9.78 Å². The van der Waals surface area contributed by atoms with E-state index in [1.807, 2.05) is 37.3 Å². The largest absolute Gasteiger partial charge is 0.446 e. The smallest absolute Gasteiger partial charge is 0.412 e. The van der Waals surface area contributed by atoms with Gasteiger partial charge in [-0.05, 0) is 32.9 Å². The maximum atomic E-state index is 12.1. The summed E-state index contributed by atoms with van der Waals surface area (Å²) in [6, 6.07) is 9.85. The molecule has 0 unspecified atom stereocenters. The first-order valence-corrected chi connectivity index (χ1v) is 8.25. The number of piperidine rings is 1. The third kappa shape index (κ3) is 3.64. The van der Waals surface area contributed by atoms with E-state index >= 15 is 0 Å². The summed E-state index contributed by atoms with van der Waals surface area (Å²) >= 11 is 1.46. The Bertz CT molecular complexity index is 636. The van der Waals surface area contributed by atoms with Crippen LogP contribution in [0.4, 0.5) is 9.80 Å². The Labute approximate surface area is 133 Å². The van der Waals surface area contributed by atoms with E-state index in [1.54, 1.807) is 0 Å². The van der Waals surface area contributed by atoms with Gasteiger partial charge in [0.25, 0.3) is 0 Å². The number of aryl methyl sites for hydroxylation is 1. The lowest BCUT2D eigenvalue weighted by atomic mass is 10.1. The highest BCUT2D eigenvalue weighted by Crippen LogP contribution is 2.33. The number of hydrogen-bond acceptors (Lipinski definition) is 5. The zero-order valence-electron chi connectivity index (χ0n) is 12.5. The number of amides is 1. The van der Waals surface area contributed by atoms with Gasteiger partial charge in [-0.15, -0.1) is 11.3 Å². The van der Waals surface area contributed by atoms with Gasteiger partial charge in [-0.1, -0.05) is 30.3 Å². The quantitative estimate of drug-likeness (QED) is 0.910. The summed E-state index contributed by atoms with van der Waals surface area (Å²) in [6.45, 7) is 3.72. The molecule has 0 aliphatic carbocycles. The second-order valence-corrected chi connectivity index (χ2v) is 6.46. The number of benzene rings is 1. The van der Waals surface area contributed by atoms with Crippen LogP contribution in [0.5, 0.6) is 0 Å². The standard InChI is InChI=1S/C16H19N3O2S/c1-11-18-14(12-5-3-2-4-6-12)15(22-11)19-16(20)21-13-7-9-17-10-8-13/h2-6,13,17H,7-10H2,1H3,(H,19,20). The van der Waals surface area contributed by atoms with Crippen molar-refractivity contribution in [1.29, 1.82) is 0 Å². The molecule has 0 atom stereocenters. The number of nitrogens with one attached hydrogen (secondary N) is 2. The van der Waals surface area contributed by atoms with Crippen molar-refractivity contribution < 1.29 is 9.53 Å². The number of nitrogens with zero attached hydrogens (tertiary/aromatic N) is 1. The van der Waals surface area contributed by atoms with Crippen LogP contribution in [0.3, 0.4) is 0 Å². The van der Waals surface area contributed by atoms with Gasteiger partial charge >= 0.3 is 6.09 Å². The average Bonchev–Trinajstić information content (AvgIpc) is 2.89. The molecule has 1 aliphatic rings. The topological polar surface area (TPSA) is 63.2 Å². The van der Waals surface area contributed by atoms with Crippen molar-refractivity contribution in [3.63, 3.8) is 0 Å². The van der Waals surface area contributed by atoms with Crippen molar-refractivity contribution in [1.82, 2.24) is 10.3 Å². The predicted molar refractivity (Wildman–Crippen MR) is 88.3 cm³/mol. The molecule has 2 heterocycles. The molecule has 1 saturated heterocycles. The van der Waals surface area contributed by atoms with Gasteiger partial charge in [0, 0.05) is 5.56 Å². The Morgan fingerprint density at radius 1 is 1.32 bits per heavy atom. The Morgan fingerprint density at radius 2 is 2.05 bits per heavy atom. The number of anilines is 1. The molecule has 5 nitrogen and oxygen atoms in total. The highest BCUT2D eigenvalue weighted by Gasteiger charge is 2.19. The molecule has 1 fully saturated rings. The predicted octanol–water partition coefficient (Wildman–Crippen LogP) is 3.42. The number of carbonyl (C=O) groups excluding carboxylic acids is 1. The molecular formula is C16H19N3O2S. The minimum Gasteiger partial charge on any atom is -0.446 e. The maximum absolute atomic E-state index is 12.1. The molecule has 0 saturated carbocycles. The first-order chi connectivity index (χ1) is 10.7. The summed E-state index contributed by atoms with van der Waals surface area (Å²) in [4.78, 5) is 16.6. The minimum absolute atomic E-state index is 0.00422. The third-order valence-electron chi connectivity index (χ3n) is 3.56. The highest BCUT2D eigenvalue weighted by molar-refractivity contribution is 7.16. The Morgan fingerprint density at radius 3 is 2.77 bits per heavy atom.